The number of nitrogens with zero attached hydrogens (tertiary/aromatic N) is 1. The number of hydrogen-bond donors (Lipinski definition) is 1. The van der Waals surface area contributed by atoms with Crippen LogP contribution in [-0.2, 0) is 6.54 Å². The van der Waals surface area contributed by atoms with Crippen LogP contribution in [0, 0.1) is 17.6 Å². The standard InChI is InChI=1S/C14H16F2N2O/c1-9(2)6-17-7-13-14(19-8-18-13)10-3-11(15)5-12(16)4-10/h3-5,8-9,17H,6-7H2,1-2H3. The van der Waals surface area contributed by atoms with Gasteiger partial charge < -0.3 is 9.73 Å². The molecule has 0 bridgehead atoms. The Bertz CT molecular complexity index is 532. The third kappa shape index (κ3) is 3.61. The molecule has 2 aromatic rings. The van der Waals surface area contributed by atoms with Gasteiger partial charge in [0.1, 0.15) is 17.3 Å². The van der Waals surface area contributed by atoms with Gasteiger partial charge in [0.2, 0.25) is 0 Å². The van der Waals surface area contributed by atoms with Crippen molar-refractivity contribution in [1.29, 1.82) is 0 Å². The van der Waals surface area contributed by atoms with E-state index in [1.165, 1.54) is 18.5 Å². The molecule has 0 unspecified atom stereocenters. The molecule has 1 aromatic heterocycles. The Morgan fingerprint density at radius 3 is 2.53 bits per heavy atom. The predicted octanol–water partition coefficient (Wildman–Crippen LogP) is 3.37. The average Bonchev–Trinajstić information content (AvgIpc) is 2.75. The largest absolute Gasteiger partial charge is 0.443 e. The average molecular weight is 266 g/mol. The van der Waals surface area contributed by atoms with Crippen LogP contribution in [0.25, 0.3) is 11.3 Å². The van der Waals surface area contributed by atoms with Crippen LogP contribution in [0.3, 0.4) is 0 Å². The van der Waals surface area contributed by atoms with Gasteiger partial charge >= 0.3 is 0 Å². The van der Waals surface area contributed by atoms with Gasteiger partial charge in [0, 0.05) is 18.2 Å². The fourth-order valence-corrected chi connectivity index (χ4v) is 1.79. The number of rotatable bonds is 5. The molecule has 5 heteroatoms. The Morgan fingerprint density at radius 1 is 1.21 bits per heavy atom. The van der Waals surface area contributed by atoms with Crippen LogP contribution < -0.4 is 5.32 Å². The van der Waals surface area contributed by atoms with E-state index in [0.717, 1.165) is 12.6 Å². The molecule has 0 saturated heterocycles. The van der Waals surface area contributed by atoms with Crippen molar-refractivity contribution in [3.8, 4) is 11.3 Å². The SMILES string of the molecule is CC(C)CNCc1ncoc1-c1cc(F)cc(F)c1. The van der Waals surface area contributed by atoms with Crippen LogP contribution in [0.5, 0.6) is 0 Å². The molecule has 0 atom stereocenters. The van der Waals surface area contributed by atoms with Crippen molar-refractivity contribution in [3.63, 3.8) is 0 Å². The highest BCUT2D eigenvalue weighted by atomic mass is 19.1. The van der Waals surface area contributed by atoms with Gasteiger partial charge in [-0.25, -0.2) is 13.8 Å². The molecule has 3 nitrogen and oxygen atoms in total. The third-order valence-electron chi connectivity index (χ3n) is 2.61. The lowest BCUT2D eigenvalue weighted by atomic mass is 10.1. The third-order valence-corrected chi connectivity index (χ3v) is 2.61. The molecule has 2 rings (SSSR count). The smallest absolute Gasteiger partial charge is 0.181 e. The topological polar surface area (TPSA) is 38.1 Å². The highest BCUT2D eigenvalue weighted by molar-refractivity contribution is 5.59. The first-order valence-corrected chi connectivity index (χ1v) is 6.16. The molecule has 102 valence electrons. The normalized spacial score (nSPS) is 11.2. The number of nitrogens with one attached hydrogen (secondary N) is 1. The van der Waals surface area contributed by atoms with E-state index in [0.29, 0.717) is 29.5 Å². The molecule has 0 saturated carbocycles. The number of aromatic nitrogens is 1. The lowest BCUT2D eigenvalue weighted by molar-refractivity contribution is 0.543. The minimum atomic E-state index is -0.632. The maximum absolute atomic E-state index is 13.2. The highest BCUT2D eigenvalue weighted by Crippen LogP contribution is 2.24. The molecule has 0 aliphatic heterocycles. The van der Waals surface area contributed by atoms with Gasteiger partial charge in [-0.05, 0) is 24.6 Å². The van der Waals surface area contributed by atoms with Gasteiger partial charge in [-0.1, -0.05) is 13.8 Å². The maximum atomic E-state index is 13.2. The number of benzene rings is 1. The first-order chi connectivity index (χ1) is 9.06. The number of oxazole rings is 1. The van der Waals surface area contributed by atoms with Crippen LogP contribution in [-0.4, -0.2) is 11.5 Å². The summed E-state index contributed by atoms with van der Waals surface area (Å²) < 4.78 is 31.6. The second-order valence-electron chi connectivity index (χ2n) is 4.81. The molecule has 0 radical (unpaired) electrons. The summed E-state index contributed by atoms with van der Waals surface area (Å²) >= 11 is 0. The van der Waals surface area contributed by atoms with E-state index in [-0.39, 0.29) is 0 Å². The molecule has 0 fully saturated rings. The van der Waals surface area contributed by atoms with E-state index >= 15 is 0 Å². The van der Waals surface area contributed by atoms with Crippen LogP contribution in [0.2, 0.25) is 0 Å². The van der Waals surface area contributed by atoms with Crippen molar-refractivity contribution in [2.24, 2.45) is 5.92 Å². The van der Waals surface area contributed by atoms with E-state index in [1.807, 2.05) is 0 Å². The molecule has 0 spiro atoms. The van der Waals surface area contributed by atoms with E-state index in [1.54, 1.807) is 0 Å². The first-order valence-electron chi connectivity index (χ1n) is 6.16. The predicted molar refractivity (Wildman–Crippen MR) is 68.4 cm³/mol. The Balaban J connectivity index is 2.18. The van der Waals surface area contributed by atoms with Gasteiger partial charge in [-0.2, -0.15) is 0 Å². The van der Waals surface area contributed by atoms with Gasteiger partial charge in [0.15, 0.2) is 12.2 Å². The lowest BCUT2D eigenvalue weighted by Gasteiger charge is -2.06. The second kappa shape index (κ2) is 5.93. The lowest BCUT2D eigenvalue weighted by Crippen LogP contribution is -2.19. The summed E-state index contributed by atoms with van der Waals surface area (Å²) in [5.41, 5.74) is 1.00. The zero-order valence-electron chi connectivity index (χ0n) is 10.9. The number of halogens is 2. The molecule has 0 amide bonds. The van der Waals surface area contributed by atoms with Crippen molar-refractivity contribution in [3.05, 3.63) is 41.9 Å². The summed E-state index contributed by atoms with van der Waals surface area (Å²) in [5.74, 6) is -0.350. The molecule has 1 aromatic carbocycles. The summed E-state index contributed by atoms with van der Waals surface area (Å²) in [7, 11) is 0. The van der Waals surface area contributed by atoms with Crippen LogP contribution in [0.15, 0.2) is 29.0 Å². The number of hydrogen-bond acceptors (Lipinski definition) is 3. The fraction of sp³-hybridized carbons (Fsp3) is 0.357. The van der Waals surface area contributed by atoms with Crippen LogP contribution >= 0.6 is 0 Å². The molecule has 1 heterocycles. The summed E-state index contributed by atoms with van der Waals surface area (Å²) in [6, 6.07) is 3.29. The Kier molecular flexibility index (Phi) is 4.27. The van der Waals surface area contributed by atoms with Crippen LogP contribution in [0.1, 0.15) is 19.5 Å². The first kappa shape index (κ1) is 13.7. The van der Waals surface area contributed by atoms with Crippen molar-refractivity contribution < 1.29 is 13.2 Å². The van der Waals surface area contributed by atoms with Gasteiger partial charge in [-0.15, -0.1) is 0 Å². The van der Waals surface area contributed by atoms with E-state index in [9.17, 15) is 8.78 Å². The molecular formula is C14H16F2N2O. The zero-order valence-corrected chi connectivity index (χ0v) is 10.9. The molecule has 0 aliphatic carbocycles. The van der Waals surface area contributed by atoms with Gasteiger partial charge in [0.05, 0.1) is 0 Å². The molecule has 19 heavy (non-hydrogen) atoms. The highest BCUT2D eigenvalue weighted by Gasteiger charge is 2.12. The minimum absolute atomic E-state index is 0.358. The Morgan fingerprint density at radius 2 is 1.89 bits per heavy atom. The van der Waals surface area contributed by atoms with Crippen LogP contribution in [0.4, 0.5) is 8.78 Å². The quantitative estimate of drug-likeness (QED) is 0.901. The van der Waals surface area contributed by atoms with E-state index < -0.39 is 11.6 Å². The molecular weight excluding hydrogens is 250 g/mol. The Labute approximate surface area is 110 Å². The van der Waals surface area contributed by atoms with Gasteiger partial charge in [0.25, 0.3) is 0 Å². The second-order valence-corrected chi connectivity index (χ2v) is 4.81. The molecule has 1 N–H and O–H groups in total. The fourth-order valence-electron chi connectivity index (χ4n) is 1.79. The summed E-state index contributed by atoms with van der Waals surface area (Å²) in [4.78, 5) is 4.07. The van der Waals surface area contributed by atoms with Crippen molar-refractivity contribution in [2.45, 2.75) is 20.4 Å². The summed E-state index contributed by atoms with van der Waals surface area (Å²) in [5, 5.41) is 3.22. The monoisotopic (exact) mass is 266 g/mol. The van der Waals surface area contributed by atoms with E-state index in [4.69, 9.17) is 4.42 Å². The summed E-state index contributed by atoms with van der Waals surface area (Å²) in [6.45, 7) is 5.53. The van der Waals surface area contributed by atoms with Crippen molar-refractivity contribution in [2.75, 3.05) is 6.54 Å². The Hall–Kier alpha value is -1.75. The summed E-state index contributed by atoms with van der Waals surface area (Å²) in [6.07, 6.45) is 1.28. The van der Waals surface area contributed by atoms with E-state index in [2.05, 4.69) is 24.1 Å². The van der Waals surface area contributed by atoms with Crippen molar-refractivity contribution in [1.82, 2.24) is 10.3 Å². The zero-order chi connectivity index (χ0) is 13.8. The maximum Gasteiger partial charge on any atom is 0.181 e. The van der Waals surface area contributed by atoms with Crippen molar-refractivity contribution >= 4 is 0 Å². The molecule has 0 aliphatic rings. The minimum Gasteiger partial charge on any atom is -0.443 e. The van der Waals surface area contributed by atoms with Gasteiger partial charge in [-0.3, -0.25) is 0 Å².